The minimum atomic E-state index is -4.44. The lowest BCUT2D eigenvalue weighted by Gasteiger charge is -2.34. The van der Waals surface area contributed by atoms with Gasteiger partial charge in [0.2, 0.25) is 11.8 Å². The highest BCUT2D eigenvalue weighted by molar-refractivity contribution is 7.90. The Morgan fingerprint density at radius 2 is 1.37 bits per heavy atom. The number of carbonyl (C=O) groups excluding carboxylic acids is 2. The van der Waals surface area contributed by atoms with Crippen LogP contribution in [0.4, 0.5) is 43.8 Å². The molecule has 2 amide bonds. The molecular formula is C66H73ClF6N18O8S2. The van der Waals surface area contributed by atoms with Gasteiger partial charge in [-0.05, 0) is 172 Å². The number of anilines is 3. The van der Waals surface area contributed by atoms with Gasteiger partial charge < -0.3 is 30.3 Å². The summed E-state index contributed by atoms with van der Waals surface area (Å²) in [6.07, 6.45) is 9.12. The zero-order valence-corrected chi connectivity index (χ0v) is 57.6. The van der Waals surface area contributed by atoms with Crippen LogP contribution in [0.2, 0.25) is 5.15 Å². The molecule has 5 aliphatic rings. The SMILES string of the molecule is CC1(C)C[C@@H]2CCC(c3cncnc3)Nc3cccc(n3)S(=O)(=O)NC(=O)c3ccc(-n4ccc(OCCC5(C(F)(F)F)CC5)n4)nc3N1C2.CC1(C)C[C@H](CCC(Nc2cccc(S(=O)(=O)NC(=O)c3ccc(-n4ccc(OCCC5(C(F)(F)F)CC5)n4)nc3Cl)n2)c2cncnc2)CN1. The zero-order valence-electron chi connectivity index (χ0n) is 55.2. The van der Waals surface area contributed by atoms with Crippen LogP contribution in [0.3, 0.4) is 0 Å². The highest BCUT2D eigenvalue weighted by Gasteiger charge is 2.63. The van der Waals surface area contributed by atoms with E-state index < -0.39 is 65.6 Å². The molecule has 5 N–H and O–H groups in total. The number of amides is 2. The Morgan fingerprint density at radius 1 is 0.752 bits per heavy atom. The molecule has 2 saturated heterocycles. The monoisotopic (exact) mass is 1460 g/mol. The van der Waals surface area contributed by atoms with Crippen molar-refractivity contribution in [1.29, 1.82) is 0 Å². The lowest BCUT2D eigenvalue weighted by Crippen LogP contribution is -2.41. The van der Waals surface area contributed by atoms with Crippen molar-refractivity contribution in [2.45, 2.75) is 150 Å². The molecule has 11 heterocycles. The predicted molar refractivity (Wildman–Crippen MR) is 356 cm³/mol. The van der Waals surface area contributed by atoms with Crippen LogP contribution in [0, 0.1) is 22.7 Å². The van der Waals surface area contributed by atoms with Crippen molar-refractivity contribution in [2.75, 3.05) is 41.8 Å². The Kier molecular flexibility index (Phi) is 20.1. The number of nitrogens with one attached hydrogen (secondary N) is 5. The maximum absolute atomic E-state index is 13.8. The number of carbonyl (C=O) groups is 2. The van der Waals surface area contributed by atoms with Crippen molar-refractivity contribution in [2.24, 2.45) is 22.7 Å². The first-order valence-corrected chi connectivity index (χ1v) is 36.0. The van der Waals surface area contributed by atoms with Gasteiger partial charge in [-0.2, -0.15) is 43.2 Å². The van der Waals surface area contributed by atoms with E-state index in [1.165, 1.54) is 82.8 Å². The van der Waals surface area contributed by atoms with E-state index in [0.29, 0.717) is 30.5 Å². The zero-order chi connectivity index (χ0) is 71.8. The topological polar surface area (TPSA) is 323 Å². The average molecular weight is 1460 g/mol. The highest BCUT2D eigenvalue weighted by Crippen LogP contribution is 2.61. The Bertz CT molecular complexity index is 4550. The molecule has 4 fully saturated rings. The van der Waals surface area contributed by atoms with Crippen LogP contribution in [-0.2, 0) is 20.0 Å². The molecule has 536 valence electrons. The van der Waals surface area contributed by atoms with E-state index in [4.69, 9.17) is 26.1 Å². The predicted octanol–water partition coefficient (Wildman–Crippen LogP) is 10.9. The number of alkyl halides is 6. The molecule has 2 saturated carbocycles. The molecule has 26 nitrogen and oxygen atoms in total. The number of sulfonamides is 2. The minimum Gasteiger partial charge on any atom is -0.477 e. The number of hydrogen-bond donors (Lipinski definition) is 5. The summed E-state index contributed by atoms with van der Waals surface area (Å²) in [4.78, 5) is 63.1. The summed E-state index contributed by atoms with van der Waals surface area (Å²) in [5.41, 5.74) is -2.30. The van der Waals surface area contributed by atoms with Crippen molar-refractivity contribution in [3.05, 3.63) is 150 Å². The molecule has 8 aromatic heterocycles. The number of halogens is 7. The Balaban J connectivity index is 0.000000191. The first-order valence-electron chi connectivity index (χ1n) is 32.7. The molecule has 2 aliphatic carbocycles. The fourth-order valence-corrected chi connectivity index (χ4v) is 15.1. The number of fused-ring (bicyclic) bond motifs is 6. The standard InChI is InChI=1S/C33H37ClF3N9O4S.C33H36F3N9O4S/c1-31(2)16-21(17-40-31)6-8-24(22-18-38-20-39-19-22)41-25-4-3-5-28(42-25)51(48,49)45-30(47)23-7-9-26(43-29(23)34)46-14-10-27(44-46)50-15-13-32(11-12-32)33(35,36)37;1-31(2)16-21-6-8-24(22-17-37-20-38-18-22)39-25-4-3-5-28(40-25)50(47,48)43-30(46)23-7-9-26(41-29(23)44(31)19-21)45-14-10-27(42-45)49-15-13-32(11-12-32)33(34,35)36/h3-5,7,9-10,14,18-21,24,40H,6,8,11-13,15-17H2,1-2H3,(H,41,42)(H,45,47);3-5,7,9-10,14,17-18,20-21,24H,6,8,11-13,15-16,19H2,1-2H3,(H,39,40)(H,43,46)/t2*21-,24?/m00/s1. The van der Waals surface area contributed by atoms with Crippen LogP contribution in [-0.4, -0.2) is 138 Å². The quantitative estimate of drug-likeness (QED) is 0.0350. The second kappa shape index (κ2) is 28.3. The fraction of sp³-hybridized carbons (Fsp3) is 0.455. The van der Waals surface area contributed by atoms with Crippen LogP contribution in [0.1, 0.15) is 149 Å². The van der Waals surface area contributed by atoms with Gasteiger partial charge in [0.25, 0.3) is 31.9 Å². The Morgan fingerprint density at radius 3 is 1.97 bits per heavy atom. The molecule has 0 radical (unpaired) electrons. The van der Waals surface area contributed by atoms with Crippen molar-refractivity contribution in [3.63, 3.8) is 0 Å². The number of pyridine rings is 4. The minimum absolute atomic E-state index is 0.0417. The van der Waals surface area contributed by atoms with Crippen LogP contribution < -0.4 is 39.8 Å². The molecule has 0 aromatic carbocycles. The van der Waals surface area contributed by atoms with Crippen molar-refractivity contribution in [1.82, 2.24) is 74.2 Å². The van der Waals surface area contributed by atoms with Gasteiger partial charge in [-0.25, -0.2) is 58.7 Å². The van der Waals surface area contributed by atoms with Gasteiger partial charge in [-0.15, -0.1) is 10.2 Å². The number of rotatable bonds is 20. The first kappa shape index (κ1) is 71.7. The molecule has 2 unspecified atom stereocenters. The van der Waals surface area contributed by atoms with E-state index in [0.717, 1.165) is 49.8 Å². The van der Waals surface area contributed by atoms with Crippen LogP contribution in [0.5, 0.6) is 11.8 Å². The summed E-state index contributed by atoms with van der Waals surface area (Å²) in [5.74, 6) is 0.305. The Labute approximate surface area is 582 Å². The van der Waals surface area contributed by atoms with Gasteiger partial charge in [-0.1, -0.05) is 23.7 Å². The van der Waals surface area contributed by atoms with Crippen molar-refractivity contribution >= 4 is 60.9 Å². The number of nitrogens with zero attached hydrogens (tertiary/aromatic N) is 13. The summed E-state index contributed by atoms with van der Waals surface area (Å²) in [5, 5.41) is 17.7. The normalized spacial score (nSPS) is 20.4. The summed E-state index contributed by atoms with van der Waals surface area (Å²) in [6.45, 7) is 9.59. The van der Waals surface area contributed by atoms with E-state index in [1.807, 2.05) is 23.5 Å². The summed E-state index contributed by atoms with van der Waals surface area (Å²) in [7, 11) is -8.85. The van der Waals surface area contributed by atoms with Crippen LogP contribution >= 0.6 is 11.6 Å². The highest BCUT2D eigenvalue weighted by atomic mass is 35.5. The largest absolute Gasteiger partial charge is 0.477 e. The van der Waals surface area contributed by atoms with Gasteiger partial charge in [0.05, 0.1) is 47.3 Å². The molecule has 0 spiro atoms. The van der Waals surface area contributed by atoms with E-state index in [-0.39, 0.29) is 126 Å². The van der Waals surface area contributed by atoms with Crippen LogP contribution in [0.25, 0.3) is 11.6 Å². The third kappa shape index (κ3) is 16.8. The third-order valence-electron chi connectivity index (χ3n) is 19.0. The van der Waals surface area contributed by atoms with Gasteiger partial charge in [0.1, 0.15) is 35.3 Å². The lowest BCUT2D eigenvalue weighted by molar-refractivity contribution is -0.190. The smallest absolute Gasteiger partial charge is 0.394 e. The fourth-order valence-electron chi connectivity index (χ4n) is 13.0. The number of ether oxygens (including phenoxy) is 2. The maximum atomic E-state index is 13.8. The van der Waals surface area contributed by atoms with Crippen LogP contribution in [0.15, 0.2) is 133 Å². The van der Waals surface area contributed by atoms with E-state index in [9.17, 15) is 52.8 Å². The van der Waals surface area contributed by atoms with Gasteiger partial charge in [0.15, 0.2) is 21.7 Å². The van der Waals surface area contributed by atoms with E-state index in [2.05, 4.69) is 79.6 Å². The summed E-state index contributed by atoms with van der Waals surface area (Å²) in [6, 6.07) is 17.1. The van der Waals surface area contributed by atoms with Gasteiger partial charge in [-0.3, -0.25) is 9.59 Å². The van der Waals surface area contributed by atoms with E-state index >= 15 is 0 Å². The summed E-state index contributed by atoms with van der Waals surface area (Å²) < 4.78 is 151. The molecule has 101 heavy (non-hydrogen) atoms. The number of aromatic nitrogens is 12. The van der Waals surface area contributed by atoms with Crippen molar-refractivity contribution < 1.29 is 62.2 Å². The maximum Gasteiger partial charge on any atom is 0.394 e. The molecule has 35 heteroatoms. The van der Waals surface area contributed by atoms with Gasteiger partial charge >= 0.3 is 12.4 Å². The first-order chi connectivity index (χ1) is 47.9. The lowest BCUT2D eigenvalue weighted by atomic mass is 9.91. The van der Waals surface area contributed by atoms with E-state index in [1.54, 1.807) is 49.2 Å². The summed E-state index contributed by atoms with van der Waals surface area (Å²) >= 11 is 6.29. The Hall–Kier alpha value is -9.15. The van der Waals surface area contributed by atoms with Crippen molar-refractivity contribution in [3.8, 4) is 23.4 Å². The molecule has 13 rings (SSSR count). The molecule has 4 bridgehead atoms. The van der Waals surface area contributed by atoms with Gasteiger partial charge in [0, 0.05) is 78.1 Å². The third-order valence-corrected chi connectivity index (χ3v) is 21.8. The second-order valence-corrected chi connectivity index (χ2v) is 30.9. The molecule has 4 atom stereocenters. The average Bonchev–Trinajstić information content (AvgIpc) is 1.69. The molecular weight excluding hydrogens is 1390 g/mol. The second-order valence-electron chi connectivity index (χ2n) is 27.3. The molecule has 8 aromatic rings. The number of hydrogen-bond acceptors (Lipinski definition) is 22. The molecule has 3 aliphatic heterocycles.